The van der Waals surface area contributed by atoms with Gasteiger partial charge in [0, 0.05) is 11.1 Å². The smallest absolute Gasteiger partial charge is 0.387 e. The van der Waals surface area contributed by atoms with Crippen molar-refractivity contribution in [2.45, 2.75) is 6.61 Å². The Morgan fingerprint density at radius 2 is 1.82 bits per heavy atom. The van der Waals surface area contributed by atoms with Crippen molar-refractivity contribution in [3.8, 4) is 5.75 Å². The summed E-state index contributed by atoms with van der Waals surface area (Å²) in [5.74, 6) is -0.322. The molecule has 0 aliphatic carbocycles. The predicted molar refractivity (Wildman–Crippen MR) is 78.1 cm³/mol. The molecule has 22 heavy (non-hydrogen) atoms. The topological polar surface area (TPSA) is 34.1 Å². The van der Waals surface area contributed by atoms with Crippen molar-refractivity contribution >= 4 is 22.3 Å². The van der Waals surface area contributed by atoms with Gasteiger partial charge in [-0.2, -0.15) is 8.78 Å². The number of hydrogen-bond donors (Lipinski definition) is 1. The first-order chi connectivity index (χ1) is 10.6. The van der Waals surface area contributed by atoms with Crippen LogP contribution in [0.25, 0.3) is 10.9 Å². The monoisotopic (exact) mass is 304 g/mol. The first kappa shape index (κ1) is 14.2. The van der Waals surface area contributed by atoms with Crippen LogP contribution in [-0.2, 0) is 0 Å². The van der Waals surface area contributed by atoms with E-state index in [0.717, 1.165) is 0 Å². The summed E-state index contributed by atoms with van der Waals surface area (Å²) in [6.07, 6.45) is 1.24. The van der Waals surface area contributed by atoms with E-state index in [1.807, 2.05) is 0 Å². The quantitative estimate of drug-likeness (QED) is 0.757. The second-order valence-electron chi connectivity index (χ2n) is 4.56. The number of anilines is 2. The van der Waals surface area contributed by atoms with Crippen molar-refractivity contribution in [2.75, 3.05) is 5.32 Å². The highest BCUT2D eigenvalue weighted by molar-refractivity contribution is 5.92. The van der Waals surface area contributed by atoms with Crippen LogP contribution in [0.2, 0.25) is 0 Å². The summed E-state index contributed by atoms with van der Waals surface area (Å²) < 4.78 is 41.7. The lowest BCUT2D eigenvalue weighted by Gasteiger charge is -2.10. The fourth-order valence-electron chi connectivity index (χ4n) is 2.10. The van der Waals surface area contributed by atoms with Crippen molar-refractivity contribution < 1.29 is 17.9 Å². The normalized spacial score (nSPS) is 10.9. The van der Waals surface area contributed by atoms with Crippen molar-refractivity contribution in [3.63, 3.8) is 0 Å². The number of benzene rings is 2. The van der Waals surface area contributed by atoms with E-state index < -0.39 is 6.61 Å². The number of aromatic nitrogens is 1. The molecule has 0 aliphatic rings. The Kier molecular flexibility index (Phi) is 3.82. The van der Waals surface area contributed by atoms with Crippen molar-refractivity contribution in [2.24, 2.45) is 0 Å². The van der Waals surface area contributed by atoms with E-state index in [4.69, 9.17) is 0 Å². The summed E-state index contributed by atoms with van der Waals surface area (Å²) in [5, 5.41) is 3.77. The van der Waals surface area contributed by atoms with E-state index in [0.29, 0.717) is 22.3 Å². The Morgan fingerprint density at radius 3 is 2.55 bits per heavy atom. The lowest BCUT2D eigenvalue weighted by molar-refractivity contribution is -0.0499. The summed E-state index contributed by atoms with van der Waals surface area (Å²) in [4.78, 5) is 4.15. The average Bonchev–Trinajstić information content (AvgIpc) is 2.49. The molecular weight excluding hydrogens is 293 g/mol. The summed E-state index contributed by atoms with van der Waals surface area (Å²) in [6.45, 7) is -2.89. The van der Waals surface area contributed by atoms with E-state index in [1.165, 1.54) is 24.4 Å². The third kappa shape index (κ3) is 3.11. The minimum Gasteiger partial charge on any atom is -0.433 e. The lowest BCUT2D eigenvalue weighted by atomic mass is 10.2. The van der Waals surface area contributed by atoms with Crippen LogP contribution in [0.4, 0.5) is 24.5 Å². The number of nitrogens with zero attached hydrogens (tertiary/aromatic N) is 1. The first-order valence-corrected chi connectivity index (χ1v) is 6.48. The minimum absolute atomic E-state index is 0.00133. The van der Waals surface area contributed by atoms with Crippen molar-refractivity contribution in [1.29, 1.82) is 0 Å². The fraction of sp³-hybridized carbons (Fsp3) is 0.0625. The van der Waals surface area contributed by atoms with Crippen molar-refractivity contribution in [3.05, 3.63) is 60.5 Å². The zero-order valence-electron chi connectivity index (χ0n) is 11.3. The standard InChI is InChI=1S/C16H11F3N2O/c17-11-4-6-12(7-5-11)21-14-3-1-2-10-8-13(22-16(18)19)9-20-15(10)14/h1-9,16,21H. The summed E-state index contributed by atoms with van der Waals surface area (Å²) >= 11 is 0. The van der Waals surface area contributed by atoms with Gasteiger partial charge in [-0.3, -0.25) is 4.98 Å². The largest absolute Gasteiger partial charge is 0.433 e. The van der Waals surface area contributed by atoms with Crippen LogP contribution in [0.1, 0.15) is 0 Å². The SMILES string of the molecule is Fc1ccc(Nc2cccc3cc(OC(F)F)cnc23)cc1. The predicted octanol–water partition coefficient (Wildman–Crippen LogP) is 4.72. The molecule has 6 heteroatoms. The highest BCUT2D eigenvalue weighted by Crippen LogP contribution is 2.27. The molecule has 1 N–H and O–H groups in total. The number of fused-ring (bicyclic) bond motifs is 1. The molecule has 0 saturated carbocycles. The Bertz CT molecular complexity index is 791. The molecule has 0 radical (unpaired) electrons. The van der Waals surface area contributed by atoms with E-state index in [1.54, 1.807) is 30.3 Å². The Balaban J connectivity index is 1.94. The van der Waals surface area contributed by atoms with Crippen LogP contribution in [0.3, 0.4) is 0 Å². The van der Waals surface area contributed by atoms with Crippen LogP contribution < -0.4 is 10.1 Å². The molecule has 0 bridgehead atoms. The van der Waals surface area contributed by atoms with E-state index >= 15 is 0 Å². The van der Waals surface area contributed by atoms with Gasteiger partial charge in [-0.1, -0.05) is 12.1 Å². The van der Waals surface area contributed by atoms with Crippen LogP contribution in [-0.4, -0.2) is 11.6 Å². The molecule has 0 amide bonds. The minimum atomic E-state index is -2.89. The second kappa shape index (κ2) is 5.93. The first-order valence-electron chi connectivity index (χ1n) is 6.48. The van der Waals surface area contributed by atoms with Gasteiger partial charge < -0.3 is 10.1 Å². The van der Waals surface area contributed by atoms with Gasteiger partial charge in [0.05, 0.1) is 17.4 Å². The van der Waals surface area contributed by atoms with E-state index in [-0.39, 0.29) is 11.6 Å². The van der Waals surface area contributed by atoms with Crippen LogP contribution >= 0.6 is 0 Å². The number of rotatable bonds is 4. The van der Waals surface area contributed by atoms with Gasteiger partial charge in [-0.15, -0.1) is 0 Å². The number of nitrogens with one attached hydrogen (secondary N) is 1. The van der Waals surface area contributed by atoms with E-state index in [2.05, 4.69) is 15.0 Å². The number of pyridine rings is 1. The summed E-state index contributed by atoms with van der Waals surface area (Å²) in [6, 6.07) is 12.7. The van der Waals surface area contributed by atoms with E-state index in [9.17, 15) is 13.2 Å². The van der Waals surface area contributed by atoms with Gasteiger partial charge in [0.15, 0.2) is 0 Å². The molecule has 0 spiro atoms. The molecule has 0 fully saturated rings. The molecule has 0 aliphatic heterocycles. The van der Waals surface area contributed by atoms with Gasteiger partial charge in [0.25, 0.3) is 0 Å². The fourth-order valence-corrected chi connectivity index (χ4v) is 2.10. The molecule has 0 unspecified atom stereocenters. The molecule has 1 heterocycles. The Morgan fingerprint density at radius 1 is 1.05 bits per heavy atom. The molecule has 3 nitrogen and oxygen atoms in total. The highest BCUT2D eigenvalue weighted by Gasteiger charge is 2.08. The molecule has 3 rings (SSSR count). The van der Waals surface area contributed by atoms with Gasteiger partial charge in [-0.25, -0.2) is 4.39 Å². The Labute approximate surface area is 124 Å². The third-order valence-electron chi connectivity index (χ3n) is 3.03. The lowest BCUT2D eigenvalue weighted by Crippen LogP contribution is -2.02. The molecule has 3 aromatic rings. The maximum absolute atomic E-state index is 12.9. The summed E-state index contributed by atoms with van der Waals surface area (Å²) in [7, 11) is 0. The van der Waals surface area contributed by atoms with Gasteiger partial charge in [0.1, 0.15) is 11.6 Å². The number of ether oxygens (including phenoxy) is 1. The second-order valence-corrected chi connectivity index (χ2v) is 4.56. The molecule has 2 aromatic carbocycles. The van der Waals surface area contributed by atoms with Gasteiger partial charge >= 0.3 is 6.61 Å². The maximum Gasteiger partial charge on any atom is 0.387 e. The molecule has 0 atom stereocenters. The number of alkyl halides is 2. The van der Waals surface area contributed by atoms with Crippen LogP contribution in [0.5, 0.6) is 5.75 Å². The zero-order valence-corrected chi connectivity index (χ0v) is 11.3. The highest BCUT2D eigenvalue weighted by atomic mass is 19.3. The molecule has 1 aromatic heterocycles. The number of halogens is 3. The third-order valence-corrected chi connectivity index (χ3v) is 3.03. The molecule has 112 valence electrons. The molecule has 0 saturated heterocycles. The molecular formula is C16H11F3N2O. The summed E-state index contributed by atoms with van der Waals surface area (Å²) in [5.41, 5.74) is 1.99. The zero-order chi connectivity index (χ0) is 15.5. The average molecular weight is 304 g/mol. The Hall–Kier alpha value is -2.76. The maximum atomic E-state index is 12.9. The van der Waals surface area contributed by atoms with Crippen LogP contribution in [0, 0.1) is 5.82 Å². The van der Waals surface area contributed by atoms with Crippen LogP contribution in [0.15, 0.2) is 54.7 Å². The van der Waals surface area contributed by atoms with Crippen molar-refractivity contribution in [1.82, 2.24) is 4.98 Å². The number of para-hydroxylation sites is 1. The van der Waals surface area contributed by atoms with Gasteiger partial charge in [0.2, 0.25) is 0 Å². The van der Waals surface area contributed by atoms with Gasteiger partial charge in [-0.05, 0) is 36.4 Å². The number of hydrogen-bond acceptors (Lipinski definition) is 3.